The Balaban J connectivity index is 2.29. The van der Waals surface area contributed by atoms with E-state index in [0.29, 0.717) is 31.2 Å². The topological polar surface area (TPSA) is 150 Å². The fraction of sp³-hybridized carbons (Fsp3) is 0.617. The van der Waals surface area contributed by atoms with E-state index < -0.39 is 54.1 Å². The molecule has 0 aliphatic rings. The molecule has 2 aromatic rings. The van der Waals surface area contributed by atoms with Crippen LogP contribution in [-0.2, 0) is 40.5 Å². The fourth-order valence-corrected chi connectivity index (χ4v) is 7.20. The Morgan fingerprint density at radius 3 is 1.93 bits per heavy atom. The van der Waals surface area contributed by atoms with Crippen LogP contribution in [-0.4, -0.2) is 103 Å². The van der Waals surface area contributed by atoms with Crippen LogP contribution >= 0.6 is 0 Å². The Kier molecular flexibility index (Phi) is 21.2. The van der Waals surface area contributed by atoms with Crippen LogP contribution in [0.15, 0.2) is 54.6 Å². The monoisotopic (exact) mass is 806 g/mol. The molecule has 0 spiro atoms. The number of hydrogen-bond donors (Lipinski definition) is 2. The molecule has 11 heteroatoms. The lowest BCUT2D eigenvalue weighted by atomic mass is 9.85. The number of nitrogens with one attached hydrogen (secondary N) is 1. The molecule has 0 fully saturated rings. The summed E-state index contributed by atoms with van der Waals surface area (Å²) in [5, 5.41) is 12.7. The lowest BCUT2D eigenvalue weighted by Crippen LogP contribution is -2.47. The van der Waals surface area contributed by atoms with Crippen molar-refractivity contribution in [1.82, 2.24) is 15.1 Å². The van der Waals surface area contributed by atoms with Gasteiger partial charge in [-0.3, -0.25) is 28.8 Å². The first-order chi connectivity index (χ1) is 27.4. The van der Waals surface area contributed by atoms with Crippen LogP contribution in [0.2, 0.25) is 0 Å². The molecule has 0 heterocycles. The van der Waals surface area contributed by atoms with Crippen LogP contribution in [0.3, 0.4) is 0 Å². The van der Waals surface area contributed by atoms with E-state index in [9.17, 15) is 33.9 Å². The maximum Gasteiger partial charge on any atom is 0.311 e. The minimum absolute atomic E-state index is 0.0380. The zero-order valence-corrected chi connectivity index (χ0v) is 36.8. The number of likely N-dealkylation sites (N-methyl/N-ethyl adjacent to an activating group) is 1. The van der Waals surface area contributed by atoms with E-state index in [1.54, 1.807) is 26.1 Å². The van der Waals surface area contributed by atoms with E-state index in [4.69, 9.17) is 4.74 Å². The first-order valence-corrected chi connectivity index (χ1v) is 21.1. The Morgan fingerprint density at radius 2 is 1.40 bits per heavy atom. The normalized spacial score (nSPS) is 14.3. The number of aliphatic hydroxyl groups excluding tert-OH is 1. The van der Waals surface area contributed by atoms with E-state index >= 15 is 0 Å². The number of carbonyl (C=O) groups is 6. The number of benzene rings is 2. The molecular formula is C47H71N3O8. The quantitative estimate of drug-likeness (QED) is 0.0608. The summed E-state index contributed by atoms with van der Waals surface area (Å²) in [6.07, 6.45) is 1.97. The lowest BCUT2D eigenvalue weighted by molar-refractivity contribution is -0.149. The van der Waals surface area contributed by atoms with Gasteiger partial charge in [0.25, 0.3) is 0 Å². The molecule has 0 aliphatic heterocycles. The molecule has 0 saturated carbocycles. The standard InChI is InChI=1S/C47H71N3O8/c1-11-50(12-2)25-17-16-20-40(43(54)30-38(31-51)46(57)58-10)48-44(55)36(26-32(3)4)28-41(52)33(5)49(9)45(56)37(27-34-18-14-13-15-19-34)29-42(53)35-21-23-39(24-22-35)47(6,7)8/h13-15,18-19,21-24,32-33,36-38,40,51H,11-12,16-17,20,25-31H2,1-10H3,(H,48,55)/t33-,36+,37+,38-,40-/m0/s1. The number of aliphatic hydroxyl groups is 1. The van der Waals surface area contributed by atoms with Gasteiger partial charge in [0, 0.05) is 43.7 Å². The van der Waals surface area contributed by atoms with Gasteiger partial charge < -0.3 is 25.0 Å². The predicted octanol–water partition coefficient (Wildman–Crippen LogP) is 6.62. The summed E-state index contributed by atoms with van der Waals surface area (Å²) in [6.45, 7) is 18.1. The van der Waals surface area contributed by atoms with Crippen molar-refractivity contribution >= 4 is 35.1 Å². The Morgan fingerprint density at radius 1 is 0.793 bits per heavy atom. The number of nitrogens with zero attached hydrogens (tertiary/aromatic N) is 2. The van der Waals surface area contributed by atoms with E-state index in [1.807, 2.05) is 56.3 Å². The van der Waals surface area contributed by atoms with Crippen LogP contribution in [0.5, 0.6) is 0 Å². The van der Waals surface area contributed by atoms with Gasteiger partial charge in [0.1, 0.15) is 0 Å². The summed E-state index contributed by atoms with van der Waals surface area (Å²) in [6, 6.07) is 15.2. The zero-order chi connectivity index (χ0) is 43.6. The van der Waals surface area contributed by atoms with Crippen LogP contribution in [0.25, 0.3) is 0 Å². The summed E-state index contributed by atoms with van der Waals surface area (Å²) < 4.78 is 4.77. The second kappa shape index (κ2) is 24.6. The third-order valence-electron chi connectivity index (χ3n) is 11.2. The molecule has 58 heavy (non-hydrogen) atoms. The van der Waals surface area contributed by atoms with Crippen LogP contribution in [0.1, 0.15) is 122 Å². The highest BCUT2D eigenvalue weighted by Gasteiger charge is 2.34. The van der Waals surface area contributed by atoms with E-state index in [1.165, 1.54) is 12.0 Å². The highest BCUT2D eigenvalue weighted by molar-refractivity contribution is 6.00. The smallest absolute Gasteiger partial charge is 0.311 e. The van der Waals surface area contributed by atoms with Gasteiger partial charge in [-0.05, 0) is 81.1 Å². The van der Waals surface area contributed by atoms with E-state index in [2.05, 4.69) is 44.8 Å². The average Bonchev–Trinajstić information content (AvgIpc) is 3.20. The highest BCUT2D eigenvalue weighted by atomic mass is 16.5. The van der Waals surface area contributed by atoms with Crippen molar-refractivity contribution in [1.29, 1.82) is 0 Å². The molecule has 322 valence electrons. The maximum atomic E-state index is 14.2. The van der Waals surface area contributed by atoms with Crippen LogP contribution in [0, 0.1) is 23.7 Å². The fourth-order valence-electron chi connectivity index (χ4n) is 7.20. The van der Waals surface area contributed by atoms with Crippen molar-refractivity contribution in [2.45, 2.75) is 124 Å². The number of carbonyl (C=O) groups excluding carboxylic acids is 6. The number of ether oxygens (including phenoxy) is 1. The van der Waals surface area contributed by atoms with Crippen molar-refractivity contribution < 1.29 is 38.6 Å². The molecule has 5 atom stereocenters. The molecule has 2 aromatic carbocycles. The van der Waals surface area contributed by atoms with Crippen LogP contribution < -0.4 is 5.32 Å². The molecule has 0 saturated heterocycles. The Hall–Kier alpha value is -4.22. The summed E-state index contributed by atoms with van der Waals surface area (Å²) in [7, 11) is 2.76. The molecule has 0 unspecified atom stereocenters. The third kappa shape index (κ3) is 16.2. The minimum Gasteiger partial charge on any atom is -0.469 e. The van der Waals surface area contributed by atoms with Gasteiger partial charge in [-0.15, -0.1) is 0 Å². The van der Waals surface area contributed by atoms with Gasteiger partial charge in [-0.1, -0.05) is 103 Å². The van der Waals surface area contributed by atoms with Crippen molar-refractivity contribution in [2.75, 3.05) is 40.4 Å². The van der Waals surface area contributed by atoms with Gasteiger partial charge in [0.15, 0.2) is 17.3 Å². The van der Waals surface area contributed by atoms with Crippen molar-refractivity contribution in [3.8, 4) is 0 Å². The summed E-state index contributed by atoms with van der Waals surface area (Å²) in [5.74, 6) is -4.88. The number of hydrogen-bond acceptors (Lipinski definition) is 9. The zero-order valence-electron chi connectivity index (χ0n) is 36.8. The first kappa shape index (κ1) is 49.9. The maximum absolute atomic E-state index is 14.2. The first-order valence-electron chi connectivity index (χ1n) is 21.1. The second-order valence-electron chi connectivity index (χ2n) is 17.1. The summed E-state index contributed by atoms with van der Waals surface area (Å²) in [5.41, 5.74) is 2.44. The third-order valence-corrected chi connectivity index (χ3v) is 11.2. The van der Waals surface area contributed by atoms with Crippen molar-refractivity contribution in [3.05, 3.63) is 71.3 Å². The molecule has 2 N–H and O–H groups in total. The molecule has 0 bridgehead atoms. The number of rotatable bonds is 26. The largest absolute Gasteiger partial charge is 0.469 e. The second-order valence-corrected chi connectivity index (χ2v) is 17.1. The number of methoxy groups -OCH3 is 1. The number of Topliss-reactive ketones (excluding diaryl/α,β-unsaturated/α-hetero) is 3. The van der Waals surface area contributed by atoms with E-state index in [0.717, 1.165) is 37.2 Å². The molecule has 11 nitrogen and oxygen atoms in total. The SMILES string of the molecule is CCN(CC)CCCC[C@H](NC(=O)[C@@H](CC(=O)[C@H](C)N(C)C(=O)[C@@H](CC(=O)c1ccc(C(C)(C)C)cc1)Cc1ccccc1)CC(C)C)C(=O)C[C@@H](CO)C(=O)OC. The predicted molar refractivity (Wildman–Crippen MR) is 228 cm³/mol. The summed E-state index contributed by atoms with van der Waals surface area (Å²) in [4.78, 5) is 85.3. The minimum atomic E-state index is -1.05. The number of amides is 2. The van der Waals surface area contributed by atoms with Gasteiger partial charge >= 0.3 is 5.97 Å². The molecule has 2 amide bonds. The number of unbranched alkanes of at least 4 members (excludes halogenated alkanes) is 1. The molecule has 0 aliphatic carbocycles. The highest BCUT2D eigenvalue weighted by Crippen LogP contribution is 2.25. The van der Waals surface area contributed by atoms with E-state index in [-0.39, 0.29) is 48.1 Å². The lowest BCUT2D eigenvalue weighted by Gasteiger charge is -2.30. The van der Waals surface area contributed by atoms with Crippen LogP contribution in [0.4, 0.5) is 0 Å². The number of esters is 1. The van der Waals surface area contributed by atoms with Gasteiger partial charge in [-0.2, -0.15) is 0 Å². The molecule has 0 radical (unpaired) electrons. The van der Waals surface area contributed by atoms with Gasteiger partial charge in [-0.25, -0.2) is 0 Å². The Bertz CT molecular complexity index is 1610. The Labute approximate surface area is 347 Å². The van der Waals surface area contributed by atoms with Crippen molar-refractivity contribution in [3.63, 3.8) is 0 Å². The van der Waals surface area contributed by atoms with Crippen molar-refractivity contribution in [2.24, 2.45) is 23.7 Å². The summed E-state index contributed by atoms with van der Waals surface area (Å²) >= 11 is 0. The van der Waals surface area contributed by atoms with Gasteiger partial charge in [0.05, 0.1) is 31.7 Å². The molecule has 0 aromatic heterocycles. The molecular weight excluding hydrogens is 735 g/mol. The van der Waals surface area contributed by atoms with Gasteiger partial charge in [0.2, 0.25) is 11.8 Å². The molecule has 2 rings (SSSR count). The average molecular weight is 806 g/mol. The number of ketones is 3.